The van der Waals surface area contributed by atoms with Crippen molar-refractivity contribution in [1.29, 1.82) is 0 Å². The van der Waals surface area contributed by atoms with Gasteiger partial charge in [0.05, 0.1) is 11.9 Å². The zero-order chi connectivity index (χ0) is 25.0. The summed E-state index contributed by atoms with van der Waals surface area (Å²) < 4.78 is 39.9. The van der Waals surface area contributed by atoms with Crippen LogP contribution < -0.4 is 9.62 Å². The van der Waals surface area contributed by atoms with Crippen molar-refractivity contribution < 1.29 is 22.4 Å². The molecule has 2 amide bonds. The van der Waals surface area contributed by atoms with E-state index in [9.17, 15) is 22.4 Å². The topological polar surface area (TPSA) is 86.8 Å². The fourth-order valence-corrected chi connectivity index (χ4v) is 4.41. The van der Waals surface area contributed by atoms with Crippen LogP contribution in [-0.2, 0) is 26.2 Å². The van der Waals surface area contributed by atoms with Crippen LogP contribution in [0.15, 0.2) is 53.0 Å². The SMILES string of the molecule is C[C@@H](C(=O)NC(C)(C)C)N(Cc1cccc(Br)c1)C(=O)CN(c1ccc(F)cc1)S(C)(=O)=O. The van der Waals surface area contributed by atoms with Crippen LogP contribution in [0.5, 0.6) is 0 Å². The molecule has 2 aromatic carbocycles. The van der Waals surface area contributed by atoms with Gasteiger partial charge in [-0.1, -0.05) is 28.1 Å². The largest absolute Gasteiger partial charge is 0.350 e. The van der Waals surface area contributed by atoms with Crippen molar-refractivity contribution in [1.82, 2.24) is 10.2 Å². The number of hydrogen-bond acceptors (Lipinski definition) is 4. The van der Waals surface area contributed by atoms with Crippen molar-refractivity contribution in [2.45, 2.75) is 45.8 Å². The molecule has 180 valence electrons. The van der Waals surface area contributed by atoms with Gasteiger partial charge in [-0.15, -0.1) is 0 Å². The average Bonchev–Trinajstić information content (AvgIpc) is 2.68. The molecule has 2 rings (SSSR count). The third-order valence-electron chi connectivity index (χ3n) is 4.70. The van der Waals surface area contributed by atoms with Crippen LogP contribution in [0.4, 0.5) is 10.1 Å². The molecule has 0 heterocycles. The number of carbonyl (C=O) groups is 2. The Labute approximate surface area is 203 Å². The highest BCUT2D eigenvalue weighted by Gasteiger charge is 2.31. The Bertz CT molecular complexity index is 1100. The number of rotatable bonds is 8. The minimum absolute atomic E-state index is 0.0953. The van der Waals surface area contributed by atoms with E-state index in [1.807, 2.05) is 45.0 Å². The van der Waals surface area contributed by atoms with Crippen molar-refractivity contribution in [2.24, 2.45) is 0 Å². The van der Waals surface area contributed by atoms with Crippen LogP contribution in [0.1, 0.15) is 33.3 Å². The zero-order valence-electron chi connectivity index (χ0n) is 19.3. The Balaban J connectivity index is 2.39. The molecule has 0 aliphatic heterocycles. The molecule has 1 atom stereocenters. The average molecular weight is 542 g/mol. The first-order valence-corrected chi connectivity index (χ1v) is 12.9. The first-order chi connectivity index (χ1) is 15.2. The number of carbonyl (C=O) groups excluding carboxylic acids is 2. The normalized spacial score (nSPS) is 12.7. The lowest BCUT2D eigenvalue weighted by atomic mass is 10.1. The van der Waals surface area contributed by atoms with Crippen LogP contribution >= 0.6 is 15.9 Å². The summed E-state index contributed by atoms with van der Waals surface area (Å²) in [5.74, 6) is -1.46. The molecule has 0 aliphatic rings. The van der Waals surface area contributed by atoms with Crippen molar-refractivity contribution in [2.75, 3.05) is 17.1 Å². The summed E-state index contributed by atoms with van der Waals surface area (Å²) in [6.07, 6.45) is 0.970. The van der Waals surface area contributed by atoms with E-state index in [-0.39, 0.29) is 18.1 Å². The minimum Gasteiger partial charge on any atom is -0.350 e. The van der Waals surface area contributed by atoms with Crippen molar-refractivity contribution in [3.05, 3.63) is 64.4 Å². The molecule has 0 aliphatic carbocycles. The first-order valence-electron chi connectivity index (χ1n) is 10.3. The summed E-state index contributed by atoms with van der Waals surface area (Å²) in [6, 6.07) is 11.2. The van der Waals surface area contributed by atoms with Gasteiger partial charge in [-0.2, -0.15) is 0 Å². The molecule has 2 aromatic rings. The molecule has 0 aromatic heterocycles. The summed E-state index contributed by atoms with van der Waals surface area (Å²) in [4.78, 5) is 27.6. The highest BCUT2D eigenvalue weighted by Crippen LogP contribution is 2.20. The van der Waals surface area contributed by atoms with E-state index in [1.54, 1.807) is 6.92 Å². The fraction of sp³-hybridized carbons (Fsp3) is 0.391. The van der Waals surface area contributed by atoms with Crippen molar-refractivity contribution in [3.8, 4) is 0 Å². The second-order valence-electron chi connectivity index (χ2n) is 8.81. The molecule has 0 unspecified atom stereocenters. The molecule has 0 fully saturated rings. The minimum atomic E-state index is -3.86. The molecule has 0 saturated carbocycles. The van der Waals surface area contributed by atoms with E-state index < -0.39 is 39.9 Å². The number of sulfonamides is 1. The van der Waals surface area contributed by atoms with Crippen LogP contribution in [0.25, 0.3) is 0 Å². The quantitative estimate of drug-likeness (QED) is 0.552. The first kappa shape index (κ1) is 26.8. The monoisotopic (exact) mass is 541 g/mol. The zero-order valence-corrected chi connectivity index (χ0v) is 21.7. The summed E-state index contributed by atoms with van der Waals surface area (Å²) in [5, 5.41) is 2.86. The van der Waals surface area contributed by atoms with Gasteiger partial charge in [-0.3, -0.25) is 13.9 Å². The summed E-state index contributed by atoms with van der Waals surface area (Å²) in [6.45, 7) is 6.65. The Morgan fingerprint density at radius 2 is 1.73 bits per heavy atom. The van der Waals surface area contributed by atoms with Crippen LogP contribution in [0, 0.1) is 5.82 Å². The Morgan fingerprint density at radius 3 is 2.24 bits per heavy atom. The van der Waals surface area contributed by atoms with Gasteiger partial charge in [0.1, 0.15) is 18.4 Å². The van der Waals surface area contributed by atoms with Gasteiger partial charge in [0.25, 0.3) is 0 Å². The smallest absolute Gasteiger partial charge is 0.244 e. The van der Waals surface area contributed by atoms with E-state index in [1.165, 1.54) is 17.0 Å². The highest BCUT2D eigenvalue weighted by molar-refractivity contribution is 9.10. The summed E-state index contributed by atoms with van der Waals surface area (Å²) in [7, 11) is -3.86. The Hall–Kier alpha value is -2.46. The molecule has 10 heteroatoms. The van der Waals surface area contributed by atoms with Crippen molar-refractivity contribution in [3.63, 3.8) is 0 Å². The van der Waals surface area contributed by atoms with Gasteiger partial charge in [-0.05, 0) is 69.7 Å². The molecule has 0 bridgehead atoms. The number of anilines is 1. The molecule has 33 heavy (non-hydrogen) atoms. The van der Waals surface area contributed by atoms with Gasteiger partial charge >= 0.3 is 0 Å². The molecular weight excluding hydrogens is 513 g/mol. The van der Waals surface area contributed by atoms with E-state index in [2.05, 4.69) is 21.2 Å². The lowest BCUT2D eigenvalue weighted by Crippen LogP contribution is -2.54. The van der Waals surface area contributed by atoms with E-state index in [0.717, 1.165) is 32.7 Å². The number of halogens is 2. The predicted octanol–water partition coefficient (Wildman–Crippen LogP) is 3.69. The lowest BCUT2D eigenvalue weighted by molar-refractivity contribution is -0.140. The number of amides is 2. The van der Waals surface area contributed by atoms with Crippen LogP contribution in [0.2, 0.25) is 0 Å². The molecule has 0 radical (unpaired) electrons. The standard InChI is InChI=1S/C23H29BrFN3O4S/c1-16(22(30)26-23(2,3)4)27(14-17-7-6-8-18(24)13-17)21(29)15-28(33(5,31)32)20-11-9-19(25)10-12-20/h6-13,16H,14-15H2,1-5H3,(H,26,30)/t16-/m0/s1. The van der Waals surface area contributed by atoms with Crippen LogP contribution in [0.3, 0.4) is 0 Å². The molecule has 7 nitrogen and oxygen atoms in total. The molecule has 0 spiro atoms. The fourth-order valence-electron chi connectivity index (χ4n) is 3.11. The van der Waals surface area contributed by atoms with E-state index in [4.69, 9.17) is 0 Å². The molecular formula is C23H29BrFN3O4S. The molecule has 1 N–H and O–H groups in total. The van der Waals surface area contributed by atoms with E-state index in [0.29, 0.717) is 0 Å². The summed E-state index contributed by atoms with van der Waals surface area (Å²) in [5.41, 5.74) is 0.408. The third kappa shape index (κ3) is 8.12. The van der Waals surface area contributed by atoms with Gasteiger partial charge < -0.3 is 10.2 Å². The maximum Gasteiger partial charge on any atom is 0.244 e. The highest BCUT2D eigenvalue weighted by atomic mass is 79.9. The Kier molecular flexibility index (Phi) is 8.64. The number of hydrogen-bond donors (Lipinski definition) is 1. The van der Waals surface area contributed by atoms with Crippen LogP contribution in [-0.4, -0.2) is 49.5 Å². The van der Waals surface area contributed by atoms with Crippen molar-refractivity contribution >= 4 is 43.5 Å². The Morgan fingerprint density at radius 1 is 1.12 bits per heavy atom. The van der Waals surface area contributed by atoms with Gasteiger partial charge in [0.15, 0.2) is 0 Å². The maximum atomic E-state index is 13.4. The molecule has 0 saturated heterocycles. The maximum absolute atomic E-state index is 13.4. The second-order valence-corrected chi connectivity index (χ2v) is 11.6. The number of benzene rings is 2. The second kappa shape index (κ2) is 10.6. The predicted molar refractivity (Wildman–Crippen MR) is 131 cm³/mol. The lowest BCUT2D eigenvalue weighted by Gasteiger charge is -2.33. The van der Waals surface area contributed by atoms with Gasteiger partial charge in [0.2, 0.25) is 21.8 Å². The van der Waals surface area contributed by atoms with E-state index >= 15 is 0 Å². The number of nitrogens with one attached hydrogen (secondary N) is 1. The number of nitrogens with zero attached hydrogens (tertiary/aromatic N) is 2. The van der Waals surface area contributed by atoms with Gasteiger partial charge in [0, 0.05) is 16.6 Å². The van der Waals surface area contributed by atoms with Gasteiger partial charge in [-0.25, -0.2) is 12.8 Å². The third-order valence-corrected chi connectivity index (χ3v) is 6.34. The summed E-state index contributed by atoms with van der Waals surface area (Å²) >= 11 is 3.40.